The van der Waals surface area contributed by atoms with Gasteiger partial charge in [-0.3, -0.25) is 13.9 Å². The van der Waals surface area contributed by atoms with Crippen LogP contribution in [0.2, 0.25) is 5.02 Å². The number of amides is 1. The summed E-state index contributed by atoms with van der Waals surface area (Å²) in [6.07, 6.45) is 0.871. The fourth-order valence-electron chi connectivity index (χ4n) is 2.83. The summed E-state index contributed by atoms with van der Waals surface area (Å²) in [7, 11) is -1.33. The van der Waals surface area contributed by atoms with Crippen molar-refractivity contribution < 1.29 is 18.2 Å². The number of nitrogens with one attached hydrogen (secondary N) is 1. The summed E-state index contributed by atoms with van der Waals surface area (Å²) in [6.45, 7) is 4.95. The smallest absolute Gasteiger partial charge is 0.286 e. The Bertz CT molecular complexity index is 790. The molecule has 27 heavy (non-hydrogen) atoms. The highest BCUT2D eigenvalue weighted by Gasteiger charge is 2.15. The zero-order valence-corrected chi connectivity index (χ0v) is 16.6. The standard InChI is InChI=1S/C19H23ClN2O4S/c20-16-4-1-2-5-18(16)27(24)14-15-6-7-17(26-15)19(23)21-8-3-9-22-10-12-25-13-11-22/h1-2,4-7H,3,8-14H2,(H,21,23)/t27-/m1/s1. The van der Waals surface area contributed by atoms with Crippen molar-refractivity contribution >= 4 is 28.3 Å². The van der Waals surface area contributed by atoms with E-state index in [-0.39, 0.29) is 17.4 Å². The van der Waals surface area contributed by atoms with E-state index in [2.05, 4.69) is 10.2 Å². The van der Waals surface area contributed by atoms with Crippen LogP contribution in [-0.4, -0.2) is 54.4 Å². The number of carbonyl (C=O) groups excluding carboxylic acids is 1. The summed E-state index contributed by atoms with van der Waals surface area (Å²) in [4.78, 5) is 15.1. The normalized spacial score (nSPS) is 16.2. The van der Waals surface area contributed by atoms with Gasteiger partial charge in [-0.1, -0.05) is 23.7 Å². The molecule has 1 fully saturated rings. The average Bonchev–Trinajstić information content (AvgIpc) is 3.15. The second kappa shape index (κ2) is 10.0. The Kier molecular flexibility index (Phi) is 7.46. The van der Waals surface area contributed by atoms with Gasteiger partial charge in [0.05, 0.1) is 39.7 Å². The lowest BCUT2D eigenvalue weighted by molar-refractivity contribution is 0.0374. The highest BCUT2D eigenvalue weighted by atomic mass is 35.5. The first-order valence-electron chi connectivity index (χ1n) is 8.93. The molecule has 0 spiro atoms. The molecule has 1 aliphatic rings. The van der Waals surface area contributed by atoms with E-state index in [9.17, 15) is 9.00 Å². The summed E-state index contributed by atoms with van der Waals surface area (Å²) >= 11 is 6.07. The molecule has 1 atom stereocenters. The average molecular weight is 411 g/mol. The van der Waals surface area contributed by atoms with Crippen molar-refractivity contribution in [1.82, 2.24) is 10.2 Å². The molecule has 3 rings (SSSR count). The predicted molar refractivity (Wildman–Crippen MR) is 104 cm³/mol. The molecule has 1 N–H and O–H groups in total. The van der Waals surface area contributed by atoms with Crippen LogP contribution in [0.5, 0.6) is 0 Å². The van der Waals surface area contributed by atoms with Crippen LogP contribution < -0.4 is 5.32 Å². The number of halogens is 1. The molecule has 1 aromatic carbocycles. The maximum atomic E-state index is 12.4. The number of carbonyl (C=O) groups is 1. The Labute approximate surface area is 166 Å². The number of furan rings is 1. The Morgan fingerprint density at radius 2 is 1.96 bits per heavy atom. The molecule has 0 radical (unpaired) electrons. The van der Waals surface area contributed by atoms with Gasteiger partial charge in [0.25, 0.3) is 5.91 Å². The Balaban J connectivity index is 1.44. The van der Waals surface area contributed by atoms with E-state index in [1.807, 2.05) is 0 Å². The number of nitrogens with zero attached hydrogens (tertiary/aromatic N) is 1. The summed E-state index contributed by atoms with van der Waals surface area (Å²) in [5, 5.41) is 3.32. The Morgan fingerprint density at radius 1 is 1.19 bits per heavy atom. The van der Waals surface area contributed by atoms with Gasteiger partial charge in [-0.15, -0.1) is 0 Å². The molecular formula is C19H23ClN2O4S. The fourth-order valence-corrected chi connectivity index (χ4v) is 4.31. The minimum Gasteiger partial charge on any atom is -0.455 e. The fraction of sp³-hybridized carbons (Fsp3) is 0.421. The Morgan fingerprint density at radius 3 is 2.74 bits per heavy atom. The van der Waals surface area contributed by atoms with Crippen LogP contribution >= 0.6 is 11.6 Å². The van der Waals surface area contributed by atoms with E-state index in [0.717, 1.165) is 39.3 Å². The van der Waals surface area contributed by atoms with Gasteiger partial charge in [-0.2, -0.15) is 0 Å². The first kappa shape index (κ1) is 20.1. The van der Waals surface area contributed by atoms with Gasteiger partial charge in [-0.05, 0) is 37.2 Å². The van der Waals surface area contributed by atoms with Crippen LogP contribution in [0.3, 0.4) is 0 Å². The first-order chi connectivity index (χ1) is 13.1. The Hall–Kier alpha value is -1.67. The molecule has 1 aromatic heterocycles. The molecule has 0 saturated carbocycles. The molecule has 1 saturated heterocycles. The lowest BCUT2D eigenvalue weighted by Crippen LogP contribution is -2.38. The van der Waals surface area contributed by atoms with Gasteiger partial charge in [0.2, 0.25) is 0 Å². The van der Waals surface area contributed by atoms with Gasteiger partial charge >= 0.3 is 0 Å². The number of ether oxygens (including phenoxy) is 1. The van der Waals surface area contributed by atoms with Crippen LogP contribution in [0.15, 0.2) is 45.7 Å². The van der Waals surface area contributed by atoms with Gasteiger partial charge < -0.3 is 14.5 Å². The minimum atomic E-state index is -1.33. The summed E-state index contributed by atoms with van der Waals surface area (Å²) in [5.41, 5.74) is 0. The maximum absolute atomic E-state index is 12.4. The quantitative estimate of drug-likeness (QED) is 0.677. The lowest BCUT2D eigenvalue weighted by atomic mass is 10.3. The zero-order chi connectivity index (χ0) is 19.1. The summed E-state index contributed by atoms with van der Waals surface area (Å²) in [5.74, 6) is 0.639. The second-order valence-corrected chi connectivity index (χ2v) is 8.08. The van der Waals surface area contributed by atoms with Crippen molar-refractivity contribution in [2.45, 2.75) is 17.1 Å². The predicted octanol–water partition coefficient (Wildman–Crippen LogP) is 2.69. The van der Waals surface area contributed by atoms with Crippen LogP contribution in [0.1, 0.15) is 22.7 Å². The van der Waals surface area contributed by atoms with E-state index in [1.165, 1.54) is 0 Å². The SMILES string of the molecule is O=C(NCCCN1CCOCC1)c1ccc(C[S@@](=O)c2ccccc2Cl)o1. The summed E-state index contributed by atoms with van der Waals surface area (Å²) < 4.78 is 23.3. The molecule has 6 nitrogen and oxygen atoms in total. The number of hydrogen-bond acceptors (Lipinski definition) is 5. The molecule has 1 aliphatic heterocycles. The van der Waals surface area contributed by atoms with Crippen LogP contribution in [0.4, 0.5) is 0 Å². The number of benzene rings is 1. The zero-order valence-electron chi connectivity index (χ0n) is 15.0. The highest BCUT2D eigenvalue weighted by molar-refractivity contribution is 7.84. The van der Waals surface area contributed by atoms with Crippen molar-refractivity contribution in [3.8, 4) is 0 Å². The van der Waals surface area contributed by atoms with E-state index in [1.54, 1.807) is 36.4 Å². The van der Waals surface area contributed by atoms with Crippen molar-refractivity contribution in [2.24, 2.45) is 0 Å². The van der Waals surface area contributed by atoms with Crippen molar-refractivity contribution in [2.75, 3.05) is 39.4 Å². The van der Waals surface area contributed by atoms with Crippen LogP contribution in [-0.2, 0) is 21.3 Å². The molecule has 0 unspecified atom stereocenters. The minimum absolute atomic E-state index is 0.175. The maximum Gasteiger partial charge on any atom is 0.286 e. The molecule has 2 heterocycles. The molecule has 1 amide bonds. The molecule has 146 valence electrons. The van der Waals surface area contributed by atoms with E-state index in [4.69, 9.17) is 20.8 Å². The second-order valence-electron chi connectivity index (χ2n) is 6.25. The number of rotatable bonds is 8. The van der Waals surface area contributed by atoms with Crippen molar-refractivity contribution in [1.29, 1.82) is 0 Å². The van der Waals surface area contributed by atoms with E-state index < -0.39 is 10.8 Å². The third-order valence-electron chi connectivity index (χ3n) is 4.28. The molecule has 0 bridgehead atoms. The third-order valence-corrected chi connectivity index (χ3v) is 6.12. The first-order valence-corrected chi connectivity index (χ1v) is 10.6. The third kappa shape index (κ3) is 5.90. The van der Waals surface area contributed by atoms with Gasteiger partial charge in [0.1, 0.15) is 5.76 Å². The molecular weight excluding hydrogens is 388 g/mol. The van der Waals surface area contributed by atoms with Crippen molar-refractivity contribution in [3.63, 3.8) is 0 Å². The number of hydrogen-bond donors (Lipinski definition) is 1. The van der Waals surface area contributed by atoms with Crippen molar-refractivity contribution in [3.05, 3.63) is 52.9 Å². The largest absolute Gasteiger partial charge is 0.455 e. The van der Waals surface area contributed by atoms with E-state index in [0.29, 0.717) is 22.2 Å². The number of morpholine rings is 1. The monoisotopic (exact) mass is 410 g/mol. The van der Waals surface area contributed by atoms with Gasteiger partial charge in [-0.25, -0.2) is 0 Å². The molecule has 0 aliphatic carbocycles. The molecule has 8 heteroatoms. The summed E-state index contributed by atoms with van der Waals surface area (Å²) in [6, 6.07) is 10.3. The lowest BCUT2D eigenvalue weighted by Gasteiger charge is -2.26. The van der Waals surface area contributed by atoms with E-state index >= 15 is 0 Å². The molecule has 2 aromatic rings. The topological polar surface area (TPSA) is 71.8 Å². The van der Waals surface area contributed by atoms with Gasteiger partial charge in [0, 0.05) is 19.6 Å². The van der Waals surface area contributed by atoms with Crippen LogP contribution in [0, 0.1) is 0 Å². The van der Waals surface area contributed by atoms with Crippen LogP contribution in [0.25, 0.3) is 0 Å². The highest BCUT2D eigenvalue weighted by Crippen LogP contribution is 2.22. The van der Waals surface area contributed by atoms with Gasteiger partial charge in [0.15, 0.2) is 5.76 Å².